The Bertz CT molecular complexity index is 341. The first-order valence-corrected chi connectivity index (χ1v) is 6.99. The fourth-order valence-electron chi connectivity index (χ4n) is 2.48. The number of hydrogen-bond donors (Lipinski definition) is 1. The maximum Gasteiger partial charge on any atom is 0.0997 e. The normalized spacial score (nSPS) is 16.1. The van der Waals surface area contributed by atoms with Gasteiger partial charge in [0.1, 0.15) is 0 Å². The SMILES string of the molecule is CCCCCCn1nnc(CN)c1C1CCC1. The Morgan fingerprint density at radius 3 is 2.71 bits per heavy atom. The first-order valence-electron chi connectivity index (χ1n) is 6.99. The first kappa shape index (κ1) is 12.6. The molecule has 17 heavy (non-hydrogen) atoms. The van der Waals surface area contributed by atoms with Crippen LogP contribution in [-0.4, -0.2) is 15.0 Å². The number of hydrogen-bond acceptors (Lipinski definition) is 3. The first-order chi connectivity index (χ1) is 8.36. The summed E-state index contributed by atoms with van der Waals surface area (Å²) >= 11 is 0. The molecule has 4 nitrogen and oxygen atoms in total. The molecule has 1 aromatic heterocycles. The van der Waals surface area contributed by atoms with Crippen LogP contribution >= 0.6 is 0 Å². The van der Waals surface area contributed by atoms with Gasteiger partial charge in [0.15, 0.2) is 0 Å². The summed E-state index contributed by atoms with van der Waals surface area (Å²) in [7, 11) is 0. The molecule has 1 aliphatic carbocycles. The maximum absolute atomic E-state index is 5.74. The molecule has 4 heteroatoms. The zero-order chi connectivity index (χ0) is 12.1. The van der Waals surface area contributed by atoms with Crippen molar-refractivity contribution < 1.29 is 0 Å². The van der Waals surface area contributed by atoms with Crippen LogP contribution in [0.1, 0.15) is 69.2 Å². The predicted molar refractivity (Wildman–Crippen MR) is 68.6 cm³/mol. The average Bonchev–Trinajstić information content (AvgIpc) is 2.66. The van der Waals surface area contributed by atoms with E-state index in [4.69, 9.17) is 5.73 Å². The smallest absolute Gasteiger partial charge is 0.0997 e. The largest absolute Gasteiger partial charge is 0.325 e. The van der Waals surface area contributed by atoms with Crippen LogP contribution in [0, 0.1) is 0 Å². The van der Waals surface area contributed by atoms with Crippen molar-refractivity contribution in [1.82, 2.24) is 15.0 Å². The third-order valence-corrected chi connectivity index (χ3v) is 3.76. The fraction of sp³-hybridized carbons (Fsp3) is 0.846. The van der Waals surface area contributed by atoms with E-state index in [1.165, 1.54) is 50.6 Å². The quantitative estimate of drug-likeness (QED) is 0.740. The van der Waals surface area contributed by atoms with Crippen LogP contribution in [-0.2, 0) is 13.1 Å². The molecule has 1 fully saturated rings. The third-order valence-electron chi connectivity index (χ3n) is 3.76. The molecule has 0 atom stereocenters. The van der Waals surface area contributed by atoms with Gasteiger partial charge in [-0.15, -0.1) is 5.10 Å². The summed E-state index contributed by atoms with van der Waals surface area (Å²) < 4.78 is 2.11. The molecular weight excluding hydrogens is 212 g/mol. The molecular formula is C13H24N4. The summed E-state index contributed by atoms with van der Waals surface area (Å²) in [6, 6.07) is 0. The Morgan fingerprint density at radius 1 is 1.29 bits per heavy atom. The van der Waals surface area contributed by atoms with Crippen molar-refractivity contribution in [2.75, 3.05) is 0 Å². The van der Waals surface area contributed by atoms with Crippen molar-refractivity contribution in [3.8, 4) is 0 Å². The van der Waals surface area contributed by atoms with E-state index in [1.807, 2.05) is 0 Å². The number of unbranched alkanes of at least 4 members (excludes halogenated alkanes) is 3. The van der Waals surface area contributed by atoms with Gasteiger partial charge in [-0.3, -0.25) is 0 Å². The highest BCUT2D eigenvalue weighted by Gasteiger charge is 2.26. The highest BCUT2D eigenvalue weighted by atomic mass is 15.4. The molecule has 0 unspecified atom stereocenters. The Balaban J connectivity index is 1.97. The van der Waals surface area contributed by atoms with Crippen LogP contribution in [0.2, 0.25) is 0 Å². The summed E-state index contributed by atoms with van der Waals surface area (Å²) in [6.45, 7) is 3.78. The van der Waals surface area contributed by atoms with Crippen LogP contribution < -0.4 is 5.73 Å². The van der Waals surface area contributed by atoms with E-state index in [1.54, 1.807) is 0 Å². The van der Waals surface area contributed by atoms with Crippen molar-refractivity contribution in [2.24, 2.45) is 5.73 Å². The lowest BCUT2D eigenvalue weighted by atomic mass is 9.82. The number of rotatable bonds is 7. The van der Waals surface area contributed by atoms with E-state index in [0.717, 1.165) is 12.2 Å². The van der Waals surface area contributed by atoms with Crippen LogP contribution in [0.4, 0.5) is 0 Å². The molecule has 0 spiro atoms. The number of aryl methyl sites for hydroxylation is 1. The minimum atomic E-state index is 0.529. The molecule has 2 rings (SSSR count). The van der Waals surface area contributed by atoms with E-state index in [0.29, 0.717) is 12.5 Å². The van der Waals surface area contributed by atoms with Gasteiger partial charge in [-0.25, -0.2) is 4.68 Å². The van der Waals surface area contributed by atoms with E-state index >= 15 is 0 Å². The zero-order valence-corrected chi connectivity index (χ0v) is 10.9. The molecule has 1 aliphatic rings. The second kappa shape index (κ2) is 6.15. The lowest BCUT2D eigenvalue weighted by Gasteiger charge is -2.26. The highest BCUT2D eigenvalue weighted by Crippen LogP contribution is 2.37. The molecule has 96 valence electrons. The zero-order valence-electron chi connectivity index (χ0n) is 10.9. The predicted octanol–water partition coefficient (Wildman–Crippen LogP) is 2.58. The van der Waals surface area contributed by atoms with Gasteiger partial charge in [0.25, 0.3) is 0 Å². The Labute approximate surface area is 104 Å². The Kier molecular flexibility index (Phi) is 4.54. The molecule has 0 radical (unpaired) electrons. The number of nitrogens with two attached hydrogens (primary N) is 1. The standard InChI is InChI=1S/C13H24N4/c1-2-3-4-5-9-17-13(11-7-6-8-11)12(10-14)15-16-17/h11H,2-10,14H2,1H3. The van der Waals surface area contributed by atoms with Gasteiger partial charge in [-0.1, -0.05) is 37.8 Å². The Morgan fingerprint density at radius 2 is 2.12 bits per heavy atom. The average molecular weight is 236 g/mol. The van der Waals surface area contributed by atoms with Gasteiger partial charge in [0.2, 0.25) is 0 Å². The van der Waals surface area contributed by atoms with Gasteiger partial charge in [0.05, 0.1) is 11.4 Å². The minimum Gasteiger partial charge on any atom is -0.325 e. The lowest BCUT2D eigenvalue weighted by Crippen LogP contribution is -2.18. The van der Waals surface area contributed by atoms with Crippen LogP contribution in [0.25, 0.3) is 0 Å². The topological polar surface area (TPSA) is 56.7 Å². The molecule has 0 aromatic carbocycles. The lowest BCUT2D eigenvalue weighted by molar-refractivity contribution is 0.380. The molecule has 0 aliphatic heterocycles. The van der Waals surface area contributed by atoms with Crippen molar-refractivity contribution in [1.29, 1.82) is 0 Å². The van der Waals surface area contributed by atoms with E-state index < -0.39 is 0 Å². The second-order valence-electron chi connectivity index (χ2n) is 5.04. The van der Waals surface area contributed by atoms with Crippen molar-refractivity contribution >= 4 is 0 Å². The third kappa shape index (κ3) is 2.86. The molecule has 2 N–H and O–H groups in total. The molecule has 0 amide bonds. The van der Waals surface area contributed by atoms with Crippen LogP contribution in [0.5, 0.6) is 0 Å². The van der Waals surface area contributed by atoms with E-state index in [2.05, 4.69) is 21.9 Å². The van der Waals surface area contributed by atoms with E-state index in [-0.39, 0.29) is 0 Å². The van der Waals surface area contributed by atoms with Crippen molar-refractivity contribution in [3.63, 3.8) is 0 Å². The maximum atomic E-state index is 5.74. The number of aromatic nitrogens is 3. The minimum absolute atomic E-state index is 0.529. The van der Waals surface area contributed by atoms with Gasteiger partial charge < -0.3 is 5.73 Å². The van der Waals surface area contributed by atoms with Gasteiger partial charge in [-0.05, 0) is 19.3 Å². The van der Waals surface area contributed by atoms with Gasteiger partial charge >= 0.3 is 0 Å². The molecule has 0 bridgehead atoms. The summed E-state index contributed by atoms with van der Waals surface area (Å²) in [5, 5.41) is 8.50. The monoisotopic (exact) mass is 236 g/mol. The van der Waals surface area contributed by atoms with Crippen LogP contribution in [0.15, 0.2) is 0 Å². The summed E-state index contributed by atoms with van der Waals surface area (Å²) in [6.07, 6.45) is 9.01. The second-order valence-corrected chi connectivity index (χ2v) is 5.04. The fourth-order valence-corrected chi connectivity index (χ4v) is 2.48. The highest BCUT2D eigenvalue weighted by molar-refractivity contribution is 5.17. The molecule has 1 heterocycles. The summed E-state index contributed by atoms with van der Waals surface area (Å²) in [5.74, 6) is 0.676. The van der Waals surface area contributed by atoms with Gasteiger partial charge in [0, 0.05) is 19.0 Å². The van der Waals surface area contributed by atoms with Crippen molar-refractivity contribution in [3.05, 3.63) is 11.4 Å². The Hall–Kier alpha value is -0.900. The molecule has 1 aromatic rings. The van der Waals surface area contributed by atoms with Gasteiger partial charge in [-0.2, -0.15) is 0 Å². The van der Waals surface area contributed by atoms with Crippen LogP contribution in [0.3, 0.4) is 0 Å². The van der Waals surface area contributed by atoms with Crippen molar-refractivity contribution in [2.45, 2.75) is 70.9 Å². The molecule has 1 saturated carbocycles. The summed E-state index contributed by atoms with van der Waals surface area (Å²) in [4.78, 5) is 0. The van der Waals surface area contributed by atoms with E-state index in [9.17, 15) is 0 Å². The molecule has 0 saturated heterocycles. The number of nitrogens with zero attached hydrogens (tertiary/aromatic N) is 3. The summed E-state index contributed by atoms with van der Waals surface area (Å²) in [5.41, 5.74) is 8.09.